The van der Waals surface area contributed by atoms with Gasteiger partial charge in [0.15, 0.2) is 0 Å². The molecule has 0 radical (unpaired) electrons. The van der Waals surface area contributed by atoms with Crippen LogP contribution in [0.3, 0.4) is 0 Å². The SMILES string of the molecule is Cc1nnc(NC(=O)c2ccc(C#CCN)cc2F)s1. The third-order valence-electron chi connectivity index (χ3n) is 2.29. The van der Waals surface area contributed by atoms with E-state index in [-0.39, 0.29) is 12.1 Å². The second-order valence-corrected chi connectivity index (χ2v) is 4.96. The number of nitrogens with two attached hydrogens (primary N) is 1. The van der Waals surface area contributed by atoms with Gasteiger partial charge in [-0.15, -0.1) is 10.2 Å². The standard InChI is InChI=1S/C13H11FN4OS/c1-8-17-18-13(20-8)16-12(19)10-5-4-9(3-2-6-15)7-11(10)14/h4-5,7H,6,15H2,1H3,(H,16,18,19). The minimum Gasteiger partial charge on any atom is -0.320 e. The molecule has 0 aliphatic heterocycles. The largest absolute Gasteiger partial charge is 0.320 e. The second-order valence-electron chi connectivity index (χ2n) is 3.78. The van der Waals surface area contributed by atoms with E-state index in [0.29, 0.717) is 15.7 Å². The fourth-order valence-corrected chi connectivity index (χ4v) is 2.03. The highest BCUT2D eigenvalue weighted by atomic mass is 32.1. The van der Waals surface area contributed by atoms with Crippen LogP contribution in [0.1, 0.15) is 20.9 Å². The first-order valence-electron chi connectivity index (χ1n) is 5.70. The van der Waals surface area contributed by atoms with Gasteiger partial charge in [0.1, 0.15) is 10.8 Å². The van der Waals surface area contributed by atoms with E-state index in [9.17, 15) is 9.18 Å². The number of hydrogen-bond acceptors (Lipinski definition) is 5. The van der Waals surface area contributed by atoms with Crippen molar-refractivity contribution < 1.29 is 9.18 Å². The number of hydrogen-bond donors (Lipinski definition) is 2. The number of amides is 1. The van der Waals surface area contributed by atoms with Crippen LogP contribution in [-0.4, -0.2) is 22.6 Å². The first-order chi connectivity index (χ1) is 9.60. The minimum absolute atomic E-state index is 0.0730. The minimum atomic E-state index is -0.646. The molecule has 0 unspecified atom stereocenters. The zero-order valence-corrected chi connectivity index (χ0v) is 11.4. The van der Waals surface area contributed by atoms with E-state index in [1.54, 1.807) is 13.0 Å². The van der Waals surface area contributed by atoms with Crippen LogP contribution in [0.25, 0.3) is 0 Å². The van der Waals surface area contributed by atoms with Crippen molar-refractivity contribution in [3.63, 3.8) is 0 Å². The van der Waals surface area contributed by atoms with Gasteiger partial charge in [0, 0.05) is 5.56 Å². The molecule has 5 nitrogen and oxygen atoms in total. The fraction of sp³-hybridized carbons (Fsp3) is 0.154. The summed E-state index contributed by atoms with van der Waals surface area (Å²) in [4.78, 5) is 11.9. The molecule has 2 rings (SSSR count). The molecule has 0 fully saturated rings. The Labute approximate surface area is 119 Å². The number of nitrogens with one attached hydrogen (secondary N) is 1. The van der Waals surface area contributed by atoms with Gasteiger partial charge >= 0.3 is 0 Å². The summed E-state index contributed by atoms with van der Waals surface area (Å²) in [5, 5.41) is 11.1. The lowest BCUT2D eigenvalue weighted by Gasteiger charge is -2.03. The molecule has 1 amide bonds. The zero-order chi connectivity index (χ0) is 14.5. The molecule has 0 bridgehead atoms. The Bertz CT molecular complexity index is 702. The number of aromatic nitrogens is 2. The number of carbonyl (C=O) groups excluding carboxylic acids is 1. The van der Waals surface area contributed by atoms with Crippen LogP contribution in [-0.2, 0) is 0 Å². The maximum atomic E-state index is 13.8. The lowest BCUT2D eigenvalue weighted by atomic mass is 10.1. The molecule has 1 heterocycles. The predicted octanol–water partition coefficient (Wildman–Crippen LogP) is 1.55. The van der Waals surface area contributed by atoms with E-state index in [2.05, 4.69) is 27.4 Å². The van der Waals surface area contributed by atoms with E-state index in [0.717, 1.165) is 0 Å². The van der Waals surface area contributed by atoms with Crippen LogP contribution in [0, 0.1) is 24.6 Å². The Balaban J connectivity index is 2.18. The third kappa shape index (κ3) is 3.38. The first-order valence-corrected chi connectivity index (χ1v) is 6.51. The second kappa shape index (κ2) is 6.23. The van der Waals surface area contributed by atoms with E-state index in [1.165, 1.54) is 23.5 Å². The van der Waals surface area contributed by atoms with E-state index < -0.39 is 11.7 Å². The molecule has 20 heavy (non-hydrogen) atoms. The van der Waals surface area contributed by atoms with Crippen molar-refractivity contribution in [3.8, 4) is 11.8 Å². The van der Waals surface area contributed by atoms with Crippen molar-refractivity contribution in [2.24, 2.45) is 5.73 Å². The van der Waals surface area contributed by atoms with Gasteiger partial charge in [-0.1, -0.05) is 23.2 Å². The van der Waals surface area contributed by atoms with E-state index in [1.807, 2.05) is 0 Å². The van der Waals surface area contributed by atoms with Crippen molar-refractivity contribution in [3.05, 3.63) is 40.2 Å². The third-order valence-corrected chi connectivity index (χ3v) is 3.05. The van der Waals surface area contributed by atoms with Gasteiger partial charge in [-0.2, -0.15) is 0 Å². The predicted molar refractivity (Wildman–Crippen MR) is 74.9 cm³/mol. The normalized spacial score (nSPS) is 9.75. The van der Waals surface area contributed by atoms with Crippen molar-refractivity contribution in [2.45, 2.75) is 6.92 Å². The summed E-state index contributed by atoms with van der Waals surface area (Å²) in [6.07, 6.45) is 0. The van der Waals surface area contributed by atoms with Gasteiger partial charge in [-0.3, -0.25) is 10.1 Å². The Morgan fingerprint density at radius 2 is 2.30 bits per heavy atom. The first kappa shape index (κ1) is 14.1. The lowest BCUT2D eigenvalue weighted by Crippen LogP contribution is -2.13. The number of halogens is 1. The number of aryl methyl sites for hydroxylation is 1. The Morgan fingerprint density at radius 3 is 2.90 bits per heavy atom. The number of rotatable bonds is 2. The van der Waals surface area contributed by atoms with Gasteiger partial charge in [0.25, 0.3) is 5.91 Å². The number of carbonyl (C=O) groups is 1. The Morgan fingerprint density at radius 1 is 1.50 bits per heavy atom. The summed E-state index contributed by atoms with van der Waals surface area (Å²) < 4.78 is 13.8. The summed E-state index contributed by atoms with van der Waals surface area (Å²) in [6, 6.07) is 4.13. The van der Waals surface area contributed by atoms with Gasteiger partial charge in [-0.05, 0) is 25.1 Å². The van der Waals surface area contributed by atoms with E-state index >= 15 is 0 Å². The van der Waals surface area contributed by atoms with Crippen LogP contribution >= 0.6 is 11.3 Å². The molecule has 0 saturated carbocycles. The monoisotopic (exact) mass is 290 g/mol. The molecular formula is C13H11FN4OS. The zero-order valence-electron chi connectivity index (χ0n) is 10.6. The fourth-order valence-electron chi connectivity index (χ4n) is 1.44. The van der Waals surface area contributed by atoms with Crippen LogP contribution in [0.2, 0.25) is 0 Å². The maximum absolute atomic E-state index is 13.8. The summed E-state index contributed by atoms with van der Waals surface area (Å²) in [6.45, 7) is 1.96. The molecular weight excluding hydrogens is 279 g/mol. The molecule has 3 N–H and O–H groups in total. The molecule has 1 aromatic heterocycles. The topological polar surface area (TPSA) is 80.9 Å². The summed E-state index contributed by atoms with van der Waals surface area (Å²) in [5.41, 5.74) is 5.63. The molecule has 0 spiro atoms. The van der Waals surface area contributed by atoms with Crippen molar-refractivity contribution in [1.29, 1.82) is 0 Å². The van der Waals surface area contributed by atoms with Gasteiger partial charge in [-0.25, -0.2) is 4.39 Å². The average Bonchev–Trinajstić information content (AvgIpc) is 2.81. The molecule has 0 atom stereocenters. The number of benzene rings is 1. The van der Waals surface area contributed by atoms with E-state index in [4.69, 9.17) is 5.73 Å². The quantitative estimate of drug-likeness (QED) is 0.822. The smallest absolute Gasteiger partial charge is 0.260 e. The maximum Gasteiger partial charge on any atom is 0.260 e. The lowest BCUT2D eigenvalue weighted by molar-refractivity contribution is 0.102. The molecule has 0 aliphatic rings. The molecule has 1 aromatic carbocycles. The molecule has 102 valence electrons. The molecule has 0 saturated heterocycles. The molecule has 2 aromatic rings. The van der Waals surface area contributed by atoms with Crippen LogP contribution in [0.5, 0.6) is 0 Å². The Hall–Kier alpha value is -2.30. The van der Waals surface area contributed by atoms with Gasteiger partial charge < -0.3 is 5.73 Å². The van der Waals surface area contributed by atoms with Gasteiger partial charge in [0.05, 0.1) is 12.1 Å². The molecule has 0 aliphatic carbocycles. The van der Waals surface area contributed by atoms with Crippen molar-refractivity contribution in [1.82, 2.24) is 10.2 Å². The highest BCUT2D eigenvalue weighted by Gasteiger charge is 2.13. The van der Waals surface area contributed by atoms with Crippen LogP contribution < -0.4 is 11.1 Å². The number of nitrogens with zero attached hydrogens (tertiary/aromatic N) is 2. The summed E-state index contributed by atoms with van der Waals surface area (Å²) >= 11 is 1.22. The Kier molecular flexibility index (Phi) is 4.40. The number of anilines is 1. The van der Waals surface area contributed by atoms with Crippen molar-refractivity contribution in [2.75, 3.05) is 11.9 Å². The average molecular weight is 290 g/mol. The molecule has 7 heteroatoms. The summed E-state index contributed by atoms with van der Waals surface area (Å²) in [7, 11) is 0. The highest BCUT2D eigenvalue weighted by Crippen LogP contribution is 2.16. The highest BCUT2D eigenvalue weighted by molar-refractivity contribution is 7.15. The summed E-state index contributed by atoms with van der Waals surface area (Å²) in [5.74, 6) is 4.10. The van der Waals surface area contributed by atoms with Crippen LogP contribution in [0.4, 0.5) is 9.52 Å². The van der Waals surface area contributed by atoms with Crippen molar-refractivity contribution >= 4 is 22.4 Å². The van der Waals surface area contributed by atoms with Crippen LogP contribution in [0.15, 0.2) is 18.2 Å². The van der Waals surface area contributed by atoms with Gasteiger partial charge in [0.2, 0.25) is 5.13 Å².